The van der Waals surface area contributed by atoms with Crippen LogP contribution in [-0.2, 0) is 4.74 Å². The number of unbranched alkanes of at least 4 members (excludes halogenated alkanes) is 1. The molecule has 0 saturated carbocycles. The SMILES string of the molecule is CCCCOc1ccc([C@@H]2c3c(oc4ccccc4c3=O)C(=O)N2CCCOC(C)C)cc1OC. The smallest absolute Gasteiger partial charge is 0.290 e. The minimum Gasteiger partial charge on any atom is -0.493 e. The molecular formula is C28H33NO6. The van der Waals surface area contributed by atoms with Gasteiger partial charge in [-0.1, -0.05) is 31.5 Å². The van der Waals surface area contributed by atoms with Crippen molar-refractivity contribution in [2.45, 2.75) is 52.2 Å². The average Bonchev–Trinajstić information content (AvgIpc) is 3.14. The van der Waals surface area contributed by atoms with E-state index in [9.17, 15) is 9.59 Å². The molecule has 0 radical (unpaired) electrons. The first-order valence-corrected chi connectivity index (χ1v) is 12.2. The third-order valence-corrected chi connectivity index (χ3v) is 6.13. The monoisotopic (exact) mass is 479 g/mol. The quantitative estimate of drug-likeness (QED) is 0.346. The van der Waals surface area contributed by atoms with Gasteiger partial charge in [0, 0.05) is 13.2 Å². The first-order valence-electron chi connectivity index (χ1n) is 12.2. The summed E-state index contributed by atoms with van der Waals surface area (Å²) >= 11 is 0. The molecule has 3 aromatic rings. The van der Waals surface area contributed by atoms with E-state index in [2.05, 4.69) is 6.92 Å². The van der Waals surface area contributed by atoms with Crippen LogP contribution in [0.5, 0.6) is 11.5 Å². The number of ether oxygens (including phenoxy) is 3. The van der Waals surface area contributed by atoms with E-state index in [1.165, 1.54) is 0 Å². The van der Waals surface area contributed by atoms with Gasteiger partial charge in [-0.3, -0.25) is 9.59 Å². The highest BCUT2D eigenvalue weighted by atomic mass is 16.5. The van der Waals surface area contributed by atoms with E-state index in [-0.39, 0.29) is 23.2 Å². The summed E-state index contributed by atoms with van der Waals surface area (Å²) in [7, 11) is 1.59. The lowest BCUT2D eigenvalue weighted by molar-refractivity contribution is 0.0593. The number of rotatable bonds is 11. The van der Waals surface area contributed by atoms with Crippen LogP contribution in [0, 0.1) is 0 Å². The second kappa shape index (κ2) is 11.0. The fourth-order valence-corrected chi connectivity index (χ4v) is 4.40. The Labute approximate surface area is 205 Å². The van der Waals surface area contributed by atoms with Crippen molar-refractivity contribution in [1.29, 1.82) is 0 Å². The fourth-order valence-electron chi connectivity index (χ4n) is 4.40. The maximum Gasteiger partial charge on any atom is 0.290 e. The molecule has 0 aliphatic carbocycles. The second-order valence-electron chi connectivity index (χ2n) is 8.96. The highest BCUT2D eigenvalue weighted by Gasteiger charge is 2.42. The zero-order chi connectivity index (χ0) is 24.9. The van der Waals surface area contributed by atoms with Gasteiger partial charge in [0.15, 0.2) is 16.9 Å². The van der Waals surface area contributed by atoms with E-state index in [0.717, 1.165) is 18.4 Å². The molecule has 0 spiro atoms. The number of carbonyl (C=O) groups is 1. The summed E-state index contributed by atoms with van der Waals surface area (Å²) in [5, 5.41) is 0.459. The summed E-state index contributed by atoms with van der Waals surface area (Å²) in [6, 6.07) is 12.0. The molecule has 35 heavy (non-hydrogen) atoms. The zero-order valence-electron chi connectivity index (χ0n) is 20.8. The molecule has 0 bridgehead atoms. The molecule has 0 unspecified atom stereocenters. The van der Waals surface area contributed by atoms with Crippen molar-refractivity contribution in [3.8, 4) is 11.5 Å². The number of nitrogens with zero attached hydrogens (tertiary/aromatic N) is 1. The number of benzene rings is 2. The number of para-hydroxylation sites is 1. The van der Waals surface area contributed by atoms with E-state index in [4.69, 9.17) is 18.6 Å². The molecular weight excluding hydrogens is 446 g/mol. The molecule has 1 aliphatic heterocycles. The first kappa shape index (κ1) is 24.8. The number of hydrogen-bond acceptors (Lipinski definition) is 6. The van der Waals surface area contributed by atoms with Crippen molar-refractivity contribution in [3.63, 3.8) is 0 Å². The third-order valence-electron chi connectivity index (χ3n) is 6.13. The number of carbonyl (C=O) groups excluding carboxylic acids is 1. The van der Waals surface area contributed by atoms with E-state index < -0.39 is 6.04 Å². The van der Waals surface area contributed by atoms with Gasteiger partial charge < -0.3 is 23.5 Å². The minimum absolute atomic E-state index is 0.103. The summed E-state index contributed by atoms with van der Waals surface area (Å²) < 4.78 is 23.2. The van der Waals surface area contributed by atoms with Crippen LogP contribution < -0.4 is 14.9 Å². The largest absolute Gasteiger partial charge is 0.493 e. The predicted octanol–water partition coefficient (Wildman–Crippen LogP) is 5.34. The maximum absolute atomic E-state index is 13.6. The maximum atomic E-state index is 13.6. The third kappa shape index (κ3) is 5.05. The Bertz CT molecular complexity index is 1250. The van der Waals surface area contributed by atoms with Gasteiger partial charge in [0.1, 0.15) is 5.58 Å². The average molecular weight is 480 g/mol. The van der Waals surface area contributed by atoms with Crippen molar-refractivity contribution in [2.75, 3.05) is 26.9 Å². The standard InChI is InChI=1S/C28H33NO6/c1-5-6-15-34-22-13-12-19(17-23(22)32-4)25-24-26(30)20-10-7-8-11-21(20)35-27(24)28(31)29(25)14-9-16-33-18(2)3/h7-8,10-13,17-18,25H,5-6,9,14-16H2,1-4H3/t25-/m1/s1. The Balaban J connectivity index is 1.76. The molecule has 2 heterocycles. The normalized spacial score (nSPS) is 15.2. The van der Waals surface area contributed by atoms with Gasteiger partial charge in [-0.05, 0) is 56.5 Å². The Kier molecular flexibility index (Phi) is 7.76. The van der Waals surface area contributed by atoms with Gasteiger partial charge in [-0.15, -0.1) is 0 Å². The molecule has 186 valence electrons. The Morgan fingerprint density at radius 1 is 1.03 bits per heavy atom. The molecule has 0 fully saturated rings. The number of methoxy groups -OCH3 is 1. The highest BCUT2D eigenvalue weighted by molar-refractivity contribution is 5.99. The molecule has 1 aromatic heterocycles. The van der Waals surface area contributed by atoms with E-state index in [0.29, 0.717) is 54.2 Å². The lowest BCUT2D eigenvalue weighted by atomic mass is 9.98. The minimum atomic E-state index is -0.587. The van der Waals surface area contributed by atoms with Crippen molar-refractivity contribution >= 4 is 16.9 Å². The van der Waals surface area contributed by atoms with Gasteiger partial charge in [0.25, 0.3) is 5.91 Å². The van der Waals surface area contributed by atoms with Crippen LogP contribution in [0.2, 0.25) is 0 Å². The lowest BCUT2D eigenvalue weighted by Gasteiger charge is -2.26. The first-order chi connectivity index (χ1) is 17.0. The number of amides is 1. The summed E-state index contributed by atoms with van der Waals surface area (Å²) in [6.07, 6.45) is 2.71. The van der Waals surface area contributed by atoms with Crippen LogP contribution in [0.3, 0.4) is 0 Å². The zero-order valence-corrected chi connectivity index (χ0v) is 20.8. The molecule has 4 rings (SSSR count). The molecule has 0 N–H and O–H groups in total. The van der Waals surface area contributed by atoms with E-state index in [1.807, 2.05) is 32.0 Å². The summed E-state index contributed by atoms with van der Waals surface area (Å²) in [4.78, 5) is 28.8. The Hall–Kier alpha value is -3.32. The topological polar surface area (TPSA) is 78.2 Å². The lowest BCUT2D eigenvalue weighted by Crippen LogP contribution is -2.31. The van der Waals surface area contributed by atoms with Crippen LogP contribution in [0.15, 0.2) is 51.7 Å². The van der Waals surface area contributed by atoms with Gasteiger partial charge in [-0.2, -0.15) is 0 Å². The van der Waals surface area contributed by atoms with Crippen LogP contribution in [0.25, 0.3) is 11.0 Å². The highest BCUT2D eigenvalue weighted by Crippen LogP contribution is 2.41. The van der Waals surface area contributed by atoms with Crippen LogP contribution >= 0.6 is 0 Å². The predicted molar refractivity (Wildman–Crippen MR) is 134 cm³/mol. The molecule has 1 aliphatic rings. The molecule has 1 atom stereocenters. The van der Waals surface area contributed by atoms with Crippen molar-refractivity contribution in [1.82, 2.24) is 4.90 Å². The molecule has 0 saturated heterocycles. The van der Waals surface area contributed by atoms with Crippen molar-refractivity contribution in [3.05, 3.63) is 69.6 Å². The van der Waals surface area contributed by atoms with Crippen LogP contribution in [-0.4, -0.2) is 43.8 Å². The van der Waals surface area contributed by atoms with E-state index in [1.54, 1.807) is 36.3 Å². The van der Waals surface area contributed by atoms with Gasteiger partial charge in [-0.25, -0.2) is 0 Å². The molecule has 2 aromatic carbocycles. The van der Waals surface area contributed by atoms with Crippen molar-refractivity contribution < 1.29 is 23.4 Å². The molecule has 1 amide bonds. The summed E-state index contributed by atoms with van der Waals surface area (Å²) in [5.74, 6) is 1.01. The molecule has 7 heteroatoms. The number of hydrogen-bond donors (Lipinski definition) is 0. The molecule has 7 nitrogen and oxygen atoms in total. The Morgan fingerprint density at radius 2 is 1.83 bits per heavy atom. The van der Waals surface area contributed by atoms with Gasteiger partial charge >= 0.3 is 0 Å². The fraction of sp³-hybridized carbons (Fsp3) is 0.429. The second-order valence-corrected chi connectivity index (χ2v) is 8.96. The summed E-state index contributed by atoms with van der Waals surface area (Å²) in [6.45, 7) is 7.59. The number of fused-ring (bicyclic) bond motifs is 2. The van der Waals surface area contributed by atoms with Crippen LogP contribution in [0.1, 0.15) is 67.8 Å². The van der Waals surface area contributed by atoms with E-state index >= 15 is 0 Å². The van der Waals surface area contributed by atoms with Gasteiger partial charge in [0.05, 0.1) is 36.8 Å². The Morgan fingerprint density at radius 3 is 2.57 bits per heavy atom. The van der Waals surface area contributed by atoms with Gasteiger partial charge in [0.2, 0.25) is 5.76 Å². The van der Waals surface area contributed by atoms with Crippen LogP contribution in [0.4, 0.5) is 0 Å². The summed E-state index contributed by atoms with van der Waals surface area (Å²) in [5.41, 5.74) is 1.35. The van der Waals surface area contributed by atoms with Crippen molar-refractivity contribution in [2.24, 2.45) is 0 Å².